The van der Waals surface area contributed by atoms with Gasteiger partial charge in [-0.1, -0.05) is 0 Å². The van der Waals surface area contributed by atoms with E-state index in [1.54, 1.807) is 14.2 Å². The maximum Gasteiger partial charge on any atom is 0.222 e. The van der Waals surface area contributed by atoms with Crippen molar-refractivity contribution < 1.29 is 23.7 Å². The highest BCUT2D eigenvalue weighted by Crippen LogP contribution is 2.37. The molecule has 0 radical (unpaired) electrons. The molecular weight excluding hydrogens is 188 g/mol. The average molecular weight is 204 g/mol. The Morgan fingerprint density at radius 2 is 1.93 bits per heavy atom. The van der Waals surface area contributed by atoms with E-state index in [-0.39, 0.29) is 6.29 Å². The van der Waals surface area contributed by atoms with E-state index in [0.717, 1.165) is 12.8 Å². The predicted octanol–water partition coefficient (Wildman–Crippen LogP) is 0.485. The van der Waals surface area contributed by atoms with Crippen LogP contribution in [0.25, 0.3) is 0 Å². The molecule has 2 rings (SSSR count). The van der Waals surface area contributed by atoms with Gasteiger partial charge in [-0.05, 0) is 0 Å². The molecule has 0 bridgehead atoms. The maximum atomic E-state index is 5.64. The Kier molecular flexibility index (Phi) is 3.04. The number of hydrogen-bond donors (Lipinski definition) is 0. The van der Waals surface area contributed by atoms with Gasteiger partial charge in [0.05, 0.1) is 13.2 Å². The molecular formula is C9H16O5. The zero-order valence-corrected chi connectivity index (χ0v) is 8.52. The van der Waals surface area contributed by atoms with E-state index in [1.807, 2.05) is 0 Å². The van der Waals surface area contributed by atoms with Crippen LogP contribution >= 0.6 is 0 Å². The second-order valence-corrected chi connectivity index (χ2v) is 3.41. The van der Waals surface area contributed by atoms with Crippen molar-refractivity contribution in [2.45, 2.75) is 31.2 Å². The van der Waals surface area contributed by atoms with Gasteiger partial charge in [0.2, 0.25) is 12.1 Å². The molecule has 2 aliphatic heterocycles. The maximum absolute atomic E-state index is 5.64. The molecule has 2 aliphatic rings. The summed E-state index contributed by atoms with van der Waals surface area (Å²) in [4.78, 5) is 0. The minimum atomic E-state index is -0.781. The molecule has 0 aliphatic carbocycles. The summed E-state index contributed by atoms with van der Waals surface area (Å²) >= 11 is 0. The second-order valence-electron chi connectivity index (χ2n) is 3.41. The molecule has 2 heterocycles. The number of rotatable bonds is 3. The van der Waals surface area contributed by atoms with Gasteiger partial charge in [0.15, 0.2) is 6.29 Å². The van der Waals surface area contributed by atoms with Crippen LogP contribution in [0.1, 0.15) is 12.8 Å². The Morgan fingerprint density at radius 3 is 2.43 bits per heavy atom. The molecule has 82 valence electrons. The third-order valence-corrected chi connectivity index (χ3v) is 2.65. The van der Waals surface area contributed by atoms with Gasteiger partial charge in [0.1, 0.15) is 0 Å². The minimum absolute atomic E-state index is 0.220. The highest BCUT2D eigenvalue weighted by molar-refractivity contribution is 4.83. The Bertz CT molecular complexity index is 192. The second kappa shape index (κ2) is 4.12. The van der Waals surface area contributed by atoms with Crippen LogP contribution in [0.5, 0.6) is 0 Å². The molecule has 0 unspecified atom stereocenters. The third-order valence-electron chi connectivity index (χ3n) is 2.65. The summed E-state index contributed by atoms with van der Waals surface area (Å²) in [5.41, 5.74) is 0. The van der Waals surface area contributed by atoms with Gasteiger partial charge < -0.3 is 23.7 Å². The monoisotopic (exact) mass is 204 g/mol. The first-order valence-electron chi connectivity index (χ1n) is 4.80. The molecule has 2 fully saturated rings. The molecule has 14 heavy (non-hydrogen) atoms. The minimum Gasteiger partial charge on any atom is -0.356 e. The van der Waals surface area contributed by atoms with E-state index in [1.165, 1.54) is 0 Å². The van der Waals surface area contributed by atoms with Gasteiger partial charge in [-0.15, -0.1) is 0 Å². The van der Waals surface area contributed by atoms with Gasteiger partial charge in [-0.25, -0.2) is 0 Å². The molecule has 2 atom stereocenters. The molecule has 0 amide bonds. The van der Waals surface area contributed by atoms with Gasteiger partial charge in [0, 0.05) is 27.1 Å². The van der Waals surface area contributed by atoms with E-state index in [0.29, 0.717) is 13.2 Å². The van der Waals surface area contributed by atoms with Crippen LogP contribution in [-0.4, -0.2) is 45.8 Å². The smallest absolute Gasteiger partial charge is 0.222 e. The van der Waals surface area contributed by atoms with E-state index < -0.39 is 12.1 Å². The number of hydrogen-bond acceptors (Lipinski definition) is 5. The van der Waals surface area contributed by atoms with Crippen molar-refractivity contribution in [3.63, 3.8) is 0 Å². The zero-order valence-electron chi connectivity index (χ0n) is 8.52. The lowest BCUT2D eigenvalue weighted by Gasteiger charge is -2.31. The Balaban J connectivity index is 2.02. The Labute approximate surface area is 83.2 Å². The standard InChI is InChI=1S/C9H16O5/c1-10-7-3-4-9(11-2,14-7)8-12-5-6-13-8/h7-8H,3-6H2,1-2H3/t7-,9+/m1/s1. The van der Waals surface area contributed by atoms with Crippen molar-refractivity contribution in [3.8, 4) is 0 Å². The van der Waals surface area contributed by atoms with E-state index in [9.17, 15) is 0 Å². The average Bonchev–Trinajstić information content (AvgIpc) is 2.87. The molecule has 0 aromatic heterocycles. The van der Waals surface area contributed by atoms with E-state index in [2.05, 4.69) is 0 Å². The lowest BCUT2D eigenvalue weighted by Crippen LogP contribution is -2.45. The van der Waals surface area contributed by atoms with Crippen LogP contribution in [-0.2, 0) is 23.7 Å². The summed E-state index contributed by atoms with van der Waals surface area (Å²) in [6.45, 7) is 1.19. The molecule has 0 saturated carbocycles. The van der Waals surface area contributed by atoms with E-state index in [4.69, 9.17) is 23.7 Å². The molecule has 0 N–H and O–H groups in total. The third kappa shape index (κ3) is 1.66. The fourth-order valence-electron chi connectivity index (χ4n) is 1.86. The quantitative estimate of drug-likeness (QED) is 0.669. The lowest BCUT2D eigenvalue weighted by atomic mass is 10.2. The van der Waals surface area contributed by atoms with E-state index >= 15 is 0 Å². The van der Waals surface area contributed by atoms with Crippen LogP contribution in [0, 0.1) is 0 Å². The molecule has 0 aromatic rings. The van der Waals surface area contributed by atoms with Crippen LogP contribution in [0.15, 0.2) is 0 Å². The molecule has 0 aromatic carbocycles. The highest BCUT2D eigenvalue weighted by Gasteiger charge is 2.50. The van der Waals surface area contributed by atoms with Crippen molar-refractivity contribution in [2.75, 3.05) is 27.4 Å². The first-order chi connectivity index (χ1) is 6.80. The van der Waals surface area contributed by atoms with Crippen LogP contribution < -0.4 is 0 Å². The summed E-state index contributed by atoms with van der Waals surface area (Å²) in [5, 5.41) is 0. The van der Waals surface area contributed by atoms with Crippen molar-refractivity contribution in [1.82, 2.24) is 0 Å². The fraction of sp³-hybridized carbons (Fsp3) is 1.00. The van der Waals surface area contributed by atoms with Crippen molar-refractivity contribution in [2.24, 2.45) is 0 Å². The normalized spacial score (nSPS) is 39.4. The Morgan fingerprint density at radius 1 is 1.21 bits per heavy atom. The fourth-order valence-corrected chi connectivity index (χ4v) is 1.86. The summed E-state index contributed by atoms with van der Waals surface area (Å²) < 4.78 is 26.9. The first kappa shape index (κ1) is 10.3. The van der Waals surface area contributed by atoms with Crippen molar-refractivity contribution in [1.29, 1.82) is 0 Å². The molecule has 2 saturated heterocycles. The molecule has 5 nitrogen and oxygen atoms in total. The predicted molar refractivity (Wildman–Crippen MR) is 46.5 cm³/mol. The number of ether oxygens (including phenoxy) is 5. The Hall–Kier alpha value is -0.200. The van der Waals surface area contributed by atoms with Crippen LogP contribution in [0.4, 0.5) is 0 Å². The summed E-state index contributed by atoms with van der Waals surface area (Å²) in [7, 11) is 3.22. The SMILES string of the molecule is CO[C@H]1CC[C@@](OC)(C2OCCO2)O1. The van der Waals surface area contributed by atoms with Gasteiger partial charge >= 0.3 is 0 Å². The van der Waals surface area contributed by atoms with Gasteiger partial charge in [-0.2, -0.15) is 0 Å². The highest BCUT2D eigenvalue weighted by atomic mass is 16.8. The largest absolute Gasteiger partial charge is 0.356 e. The first-order valence-corrected chi connectivity index (χ1v) is 4.80. The van der Waals surface area contributed by atoms with Crippen molar-refractivity contribution >= 4 is 0 Å². The molecule has 0 spiro atoms. The zero-order chi connectivity index (χ0) is 10.0. The van der Waals surface area contributed by atoms with Crippen LogP contribution in [0.2, 0.25) is 0 Å². The van der Waals surface area contributed by atoms with Crippen LogP contribution in [0.3, 0.4) is 0 Å². The summed E-state index contributed by atoms with van der Waals surface area (Å²) in [6.07, 6.45) is 0.885. The number of methoxy groups -OCH3 is 2. The summed E-state index contributed by atoms with van der Waals surface area (Å²) in [5.74, 6) is -0.781. The lowest BCUT2D eigenvalue weighted by molar-refractivity contribution is -0.331. The van der Waals surface area contributed by atoms with Crippen molar-refractivity contribution in [3.05, 3.63) is 0 Å². The van der Waals surface area contributed by atoms with Gasteiger partial charge in [-0.3, -0.25) is 0 Å². The van der Waals surface area contributed by atoms with Gasteiger partial charge in [0.25, 0.3) is 0 Å². The summed E-state index contributed by atoms with van der Waals surface area (Å²) in [6, 6.07) is 0. The topological polar surface area (TPSA) is 46.2 Å². The molecule has 5 heteroatoms.